The minimum Gasteiger partial charge on any atom is -0.460 e. The Hall–Kier alpha value is -1.35. The van der Waals surface area contributed by atoms with Crippen molar-refractivity contribution in [1.82, 2.24) is 0 Å². The molecule has 1 aromatic rings. The summed E-state index contributed by atoms with van der Waals surface area (Å²) >= 11 is 0. The molecule has 0 saturated heterocycles. The van der Waals surface area contributed by atoms with Crippen molar-refractivity contribution in [2.45, 2.75) is 53.7 Å². The summed E-state index contributed by atoms with van der Waals surface area (Å²) in [7, 11) is 0. The molecule has 19 heavy (non-hydrogen) atoms. The van der Waals surface area contributed by atoms with Crippen molar-refractivity contribution in [3.8, 4) is 0 Å². The molecule has 0 saturated carbocycles. The molecule has 0 aliphatic heterocycles. The van der Waals surface area contributed by atoms with Crippen LogP contribution < -0.4 is 5.73 Å². The van der Waals surface area contributed by atoms with Gasteiger partial charge in [0.1, 0.15) is 12.6 Å². The van der Waals surface area contributed by atoms with Crippen LogP contribution >= 0.6 is 0 Å². The fourth-order valence-corrected chi connectivity index (χ4v) is 2.29. The number of nitrogens with two attached hydrogens (primary N) is 1. The Morgan fingerprint density at radius 1 is 1.21 bits per heavy atom. The number of hydrogen-bond donors (Lipinski definition) is 1. The minimum atomic E-state index is -0.522. The third kappa shape index (κ3) is 4.67. The van der Waals surface area contributed by atoms with Crippen molar-refractivity contribution in [3.63, 3.8) is 0 Å². The zero-order valence-electron chi connectivity index (χ0n) is 12.6. The highest BCUT2D eigenvalue weighted by Gasteiger charge is 2.17. The first kappa shape index (κ1) is 15.7. The summed E-state index contributed by atoms with van der Waals surface area (Å²) in [5.74, 6) is 0.0819. The lowest BCUT2D eigenvalue weighted by Crippen LogP contribution is -2.33. The quantitative estimate of drug-likeness (QED) is 0.831. The Morgan fingerprint density at radius 3 is 2.21 bits per heavy atom. The normalized spacial score (nSPS) is 12.6. The zero-order valence-corrected chi connectivity index (χ0v) is 12.6. The van der Waals surface area contributed by atoms with Gasteiger partial charge in [-0.25, -0.2) is 0 Å². The highest BCUT2D eigenvalue weighted by molar-refractivity contribution is 5.75. The van der Waals surface area contributed by atoms with Gasteiger partial charge >= 0.3 is 5.97 Å². The van der Waals surface area contributed by atoms with Crippen molar-refractivity contribution >= 4 is 5.97 Å². The number of rotatable bonds is 5. The fraction of sp³-hybridized carbons (Fsp3) is 0.562. The van der Waals surface area contributed by atoms with E-state index in [1.165, 1.54) is 5.56 Å². The maximum atomic E-state index is 11.8. The second kappa shape index (κ2) is 6.71. The number of esters is 1. The van der Waals surface area contributed by atoms with Gasteiger partial charge in [-0.3, -0.25) is 4.79 Å². The summed E-state index contributed by atoms with van der Waals surface area (Å²) in [6.45, 7) is 10.5. The molecular weight excluding hydrogens is 238 g/mol. The largest absolute Gasteiger partial charge is 0.460 e. The Bertz CT molecular complexity index is 429. The number of ether oxygens (including phenoxy) is 1. The first-order chi connectivity index (χ1) is 8.81. The summed E-state index contributed by atoms with van der Waals surface area (Å²) in [6.07, 6.45) is 0.657. The lowest BCUT2D eigenvalue weighted by molar-refractivity contribution is -0.146. The Balaban J connectivity index is 2.65. The molecule has 0 radical (unpaired) electrons. The van der Waals surface area contributed by atoms with Gasteiger partial charge < -0.3 is 10.5 Å². The Morgan fingerprint density at radius 2 is 1.74 bits per heavy atom. The van der Waals surface area contributed by atoms with Crippen LogP contribution in [-0.2, 0) is 16.1 Å². The lowest BCUT2D eigenvalue weighted by Gasteiger charge is -2.15. The van der Waals surface area contributed by atoms with Gasteiger partial charge in [-0.05, 0) is 49.8 Å². The number of benzene rings is 1. The molecule has 0 aliphatic rings. The third-order valence-electron chi connectivity index (χ3n) is 3.23. The molecule has 1 rings (SSSR count). The molecule has 3 nitrogen and oxygen atoms in total. The highest BCUT2D eigenvalue weighted by Crippen LogP contribution is 2.17. The Kier molecular flexibility index (Phi) is 5.55. The molecule has 1 atom stereocenters. The molecule has 1 aromatic carbocycles. The zero-order chi connectivity index (χ0) is 14.6. The predicted molar refractivity (Wildman–Crippen MR) is 77.9 cm³/mol. The minimum absolute atomic E-state index is 0.308. The second-order valence-electron chi connectivity index (χ2n) is 5.72. The highest BCUT2D eigenvalue weighted by atomic mass is 16.5. The van der Waals surface area contributed by atoms with Crippen LogP contribution in [0.1, 0.15) is 42.5 Å². The van der Waals surface area contributed by atoms with Gasteiger partial charge in [-0.15, -0.1) is 0 Å². The van der Waals surface area contributed by atoms with Gasteiger partial charge in [0.2, 0.25) is 0 Å². The number of carbonyl (C=O) groups is 1. The SMILES string of the molecule is Cc1cc(C)c(COC(=O)[C@@H](N)CC(C)C)c(C)c1. The van der Waals surface area contributed by atoms with Gasteiger partial charge in [0, 0.05) is 0 Å². The van der Waals surface area contributed by atoms with E-state index in [9.17, 15) is 4.79 Å². The van der Waals surface area contributed by atoms with Crippen molar-refractivity contribution in [3.05, 3.63) is 34.4 Å². The van der Waals surface area contributed by atoms with E-state index in [0.717, 1.165) is 16.7 Å². The van der Waals surface area contributed by atoms with Crippen LogP contribution in [0.25, 0.3) is 0 Å². The van der Waals surface area contributed by atoms with Crippen LogP contribution in [0.15, 0.2) is 12.1 Å². The van der Waals surface area contributed by atoms with Gasteiger partial charge in [-0.1, -0.05) is 31.5 Å². The van der Waals surface area contributed by atoms with E-state index in [1.807, 2.05) is 27.7 Å². The predicted octanol–water partition coefficient (Wildman–Crippen LogP) is 3.03. The molecule has 0 unspecified atom stereocenters. The summed E-state index contributed by atoms with van der Waals surface area (Å²) < 4.78 is 5.33. The van der Waals surface area contributed by atoms with Gasteiger partial charge in [0.15, 0.2) is 0 Å². The van der Waals surface area contributed by atoms with Crippen LogP contribution in [0, 0.1) is 26.7 Å². The fourth-order valence-electron chi connectivity index (χ4n) is 2.29. The second-order valence-corrected chi connectivity index (χ2v) is 5.72. The van der Waals surface area contributed by atoms with Crippen molar-refractivity contribution in [1.29, 1.82) is 0 Å². The standard InChI is InChI=1S/C16H25NO2/c1-10(2)6-15(17)16(18)19-9-14-12(4)7-11(3)8-13(14)5/h7-8,10,15H,6,9,17H2,1-5H3/t15-/m0/s1. The summed E-state index contributed by atoms with van der Waals surface area (Å²) in [5, 5.41) is 0. The van der Waals surface area contributed by atoms with Gasteiger partial charge in [-0.2, -0.15) is 0 Å². The van der Waals surface area contributed by atoms with Crippen LogP contribution in [-0.4, -0.2) is 12.0 Å². The molecule has 3 heteroatoms. The molecule has 0 amide bonds. The molecule has 0 fully saturated rings. The van der Waals surface area contributed by atoms with E-state index in [-0.39, 0.29) is 5.97 Å². The summed E-state index contributed by atoms with van der Waals surface area (Å²) in [5.41, 5.74) is 10.4. The number of aryl methyl sites for hydroxylation is 3. The van der Waals surface area contributed by atoms with E-state index < -0.39 is 6.04 Å². The molecule has 0 spiro atoms. The van der Waals surface area contributed by atoms with E-state index >= 15 is 0 Å². The van der Waals surface area contributed by atoms with Crippen molar-refractivity contribution in [2.75, 3.05) is 0 Å². The first-order valence-electron chi connectivity index (χ1n) is 6.80. The maximum Gasteiger partial charge on any atom is 0.323 e. The molecular formula is C16H25NO2. The average molecular weight is 263 g/mol. The maximum absolute atomic E-state index is 11.8. The molecule has 0 aromatic heterocycles. The van der Waals surface area contributed by atoms with Crippen LogP contribution in [0.2, 0.25) is 0 Å². The lowest BCUT2D eigenvalue weighted by atomic mass is 10.0. The topological polar surface area (TPSA) is 52.3 Å². The summed E-state index contributed by atoms with van der Waals surface area (Å²) in [4.78, 5) is 11.8. The molecule has 2 N–H and O–H groups in total. The van der Waals surface area contributed by atoms with E-state index in [2.05, 4.69) is 19.1 Å². The van der Waals surface area contributed by atoms with E-state index in [0.29, 0.717) is 18.9 Å². The van der Waals surface area contributed by atoms with Crippen LogP contribution in [0.3, 0.4) is 0 Å². The monoisotopic (exact) mass is 263 g/mol. The van der Waals surface area contributed by atoms with Crippen molar-refractivity contribution in [2.24, 2.45) is 11.7 Å². The van der Waals surface area contributed by atoms with Crippen LogP contribution in [0.5, 0.6) is 0 Å². The molecule has 106 valence electrons. The van der Waals surface area contributed by atoms with Crippen molar-refractivity contribution < 1.29 is 9.53 Å². The molecule has 0 heterocycles. The average Bonchev–Trinajstić information content (AvgIpc) is 2.26. The number of hydrogen-bond acceptors (Lipinski definition) is 3. The van der Waals surface area contributed by atoms with E-state index in [4.69, 9.17) is 10.5 Å². The summed E-state index contributed by atoms with van der Waals surface area (Å²) in [6, 6.07) is 3.68. The van der Waals surface area contributed by atoms with Gasteiger partial charge in [0.05, 0.1) is 0 Å². The first-order valence-corrected chi connectivity index (χ1v) is 6.80. The van der Waals surface area contributed by atoms with Gasteiger partial charge in [0.25, 0.3) is 0 Å². The van der Waals surface area contributed by atoms with E-state index in [1.54, 1.807) is 0 Å². The van der Waals surface area contributed by atoms with Crippen LogP contribution in [0.4, 0.5) is 0 Å². The molecule has 0 bridgehead atoms. The third-order valence-corrected chi connectivity index (χ3v) is 3.23. The molecule has 0 aliphatic carbocycles. The Labute approximate surface area is 116 Å². The smallest absolute Gasteiger partial charge is 0.323 e. The number of carbonyl (C=O) groups excluding carboxylic acids is 1.